The number of aliphatic hydroxyl groups excluding tert-OH is 1. The highest BCUT2D eigenvalue weighted by molar-refractivity contribution is 7.99. The fourth-order valence-corrected chi connectivity index (χ4v) is 1.67. The second kappa shape index (κ2) is 7.90. The van der Waals surface area contributed by atoms with Gasteiger partial charge in [-0.15, -0.1) is 0 Å². The Labute approximate surface area is 80.1 Å². The Hall–Kier alpha value is 0.270. The molecule has 0 saturated heterocycles. The lowest BCUT2D eigenvalue weighted by Gasteiger charge is -2.13. The number of nitrogens with one attached hydrogen (secondary N) is 1. The first-order valence-electron chi connectivity index (χ1n) is 4.68. The van der Waals surface area contributed by atoms with Crippen LogP contribution in [0.3, 0.4) is 0 Å². The molecule has 74 valence electrons. The van der Waals surface area contributed by atoms with Gasteiger partial charge in [-0.1, -0.05) is 13.8 Å². The van der Waals surface area contributed by atoms with Gasteiger partial charge in [0.25, 0.3) is 0 Å². The van der Waals surface area contributed by atoms with E-state index in [4.69, 9.17) is 0 Å². The van der Waals surface area contributed by atoms with E-state index in [9.17, 15) is 5.11 Å². The predicted molar refractivity (Wildman–Crippen MR) is 56.8 cm³/mol. The van der Waals surface area contributed by atoms with Gasteiger partial charge in [0.05, 0.1) is 6.10 Å². The molecule has 0 aliphatic heterocycles. The molecule has 0 aliphatic carbocycles. The Kier molecular flexibility index (Phi) is 8.07. The molecule has 0 heterocycles. The molecule has 0 rings (SSSR count). The van der Waals surface area contributed by atoms with Gasteiger partial charge in [-0.05, 0) is 19.9 Å². The molecule has 0 amide bonds. The number of rotatable bonds is 7. The van der Waals surface area contributed by atoms with E-state index in [0.29, 0.717) is 5.25 Å². The van der Waals surface area contributed by atoms with Crippen LogP contribution in [0.1, 0.15) is 27.2 Å². The summed E-state index contributed by atoms with van der Waals surface area (Å²) >= 11 is 1.82. The Balaban J connectivity index is 3.08. The molecule has 0 aromatic rings. The first-order chi connectivity index (χ1) is 5.68. The van der Waals surface area contributed by atoms with Crippen LogP contribution in [0.5, 0.6) is 0 Å². The average Bonchev–Trinajstić information content (AvgIpc) is 2.03. The summed E-state index contributed by atoms with van der Waals surface area (Å²) in [5, 5.41) is 12.9. The molecule has 0 radical (unpaired) electrons. The van der Waals surface area contributed by atoms with E-state index in [1.54, 1.807) is 0 Å². The Bertz CT molecular complexity index is 98.5. The van der Waals surface area contributed by atoms with Crippen molar-refractivity contribution in [2.75, 3.05) is 18.8 Å². The SMILES string of the molecule is CCCNCCSC(C)C(C)O. The van der Waals surface area contributed by atoms with Gasteiger partial charge < -0.3 is 10.4 Å². The van der Waals surface area contributed by atoms with Gasteiger partial charge in [0.2, 0.25) is 0 Å². The molecule has 2 unspecified atom stereocenters. The van der Waals surface area contributed by atoms with Crippen LogP contribution in [0.4, 0.5) is 0 Å². The summed E-state index contributed by atoms with van der Waals surface area (Å²) in [6, 6.07) is 0. The number of hydrogen-bond acceptors (Lipinski definition) is 3. The first-order valence-corrected chi connectivity index (χ1v) is 5.73. The minimum atomic E-state index is -0.193. The summed E-state index contributed by atoms with van der Waals surface area (Å²) in [6.45, 7) is 8.23. The first kappa shape index (κ1) is 12.3. The van der Waals surface area contributed by atoms with Crippen LogP contribution in [0, 0.1) is 0 Å². The third-order valence-electron chi connectivity index (χ3n) is 1.77. The maximum atomic E-state index is 9.18. The van der Waals surface area contributed by atoms with Gasteiger partial charge in [0.1, 0.15) is 0 Å². The van der Waals surface area contributed by atoms with Crippen molar-refractivity contribution in [3.8, 4) is 0 Å². The molecule has 2 atom stereocenters. The van der Waals surface area contributed by atoms with Crippen molar-refractivity contribution in [3.63, 3.8) is 0 Å². The third kappa shape index (κ3) is 6.95. The van der Waals surface area contributed by atoms with E-state index < -0.39 is 0 Å². The molecular weight excluding hydrogens is 170 g/mol. The van der Waals surface area contributed by atoms with Crippen molar-refractivity contribution in [1.29, 1.82) is 0 Å². The van der Waals surface area contributed by atoms with E-state index in [-0.39, 0.29) is 6.10 Å². The minimum absolute atomic E-state index is 0.193. The van der Waals surface area contributed by atoms with Crippen molar-refractivity contribution in [2.24, 2.45) is 0 Å². The number of thioether (sulfide) groups is 1. The maximum Gasteiger partial charge on any atom is 0.0627 e. The van der Waals surface area contributed by atoms with E-state index in [1.165, 1.54) is 6.42 Å². The third-order valence-corrected chi connectivity index (χ3v) is 3.13. The van der Waals surface area contributed by atoms with E-state index in [1.807, 2.05) is 18.7 Å². The van der Waals surface area contributed by atoms with Gasteiger partial charge in [-0.3, -0.25) is 0 Å². The van der Waals surface area contributed by atoms with Crippen LogP contribution < -0.4 is 5.32 Å². The maximum absolute atomic E-state index is 9.18. The normalized spacial score (nSPS) is 16.0. The summed E-state index contributed by atoms with van der Waals surface area (Å²) in [5.41, 5.74) is 0. The van der Waals surface area contributed by atoms with Crippen LogP contribution in [0.25, 0.3) is 0 Å². The van der Waals surface area contributed by atoms with Crippen molar-refractivity contribution < 1.29 is 5.11 Å². The van der Waals surface area contributed by atoms with Gasteiger partial charge >= 0.3 is 0 Å². The molecule has 2 N–H and O–H groups in total. The molecule has 0 aliphatic rings. The fraction of sp³-hybridized carbons (Fsp3) is 1.00. The molecule has 0 bridgehead atoms. The summed E-state index contributed by atoms with van der Waals surface area (Å²) < 4.78 is 0. The zero-order valence-corrected chi connectivity index (χ0v) is 9.16. The highest BCUT2D eigenvalue weighted by Crippen LogP contribution is 2.12. The molecule has 0 saturated carbocycles. The quantitative estimate of drug-likeness (QED) is 0.598. The summed E-state index contributed by atoms with van der Waals surface area (Å²) in [7, 11) is 0. The van der Waals surface area contributed by atoms with Crippen LogP contribution in [0.15, 0.2) is 0 Å². The van der Waals surface area contributed by atoms with E-state index in [2.05, 4.69) is 19.2 Å². The molecule has 0 fully saturated rings. The highest BCUT2D eigenvalue weighted by atomic mass is 32.2. The Morgan fingerprint density at radius 3 is 2.50 bits per heavy atom. The number of hydrogen-bond donors (Lipinski definition) is 2. The Morgan fingerprint density at radius 2 is 2.00 bits per heavy atom. The van der Waals surface area contributed by atoms with Gasteiger partial charge in [-0.25, -0.2) is 0 Å². The Morgan fingerprint density at radius 1 is 1.33 bits per heavy atom. The molecular formula is C9H21NOS. The summed E-state index contributed by atoms with van der Waals surface area (Å²) in [6.07, 6.45) is 0.998. The van der Waals surface area contributed by atoms with Crippen LogP contribution in [-0.2, 0) is 0 Å². The molecule has 0 aromatic heterocycles. The van der Waals surface area contributed by atoms with E-state index in [0.717, 1.165) is 18.8 Å². The number of aliphatic hydroxyl groups is 1. The van der Waals surface area contributed by atoms with Crippen molar-refractivity contribution in [3.05, 3.63) is 0 Å². The molecule has 0 spiro atoms. The summed E-state index contributed by atoms with van der Waals surface area (Å²) in [5.74, 6) is 1.09. The standard InChI is InChI=1S/C9H21NOS/c1-4-5-10-6-7-12-9(3)8(2)11/h8-11H,4-7H2,1-3H3. The summed E-state index contributed by atoms with van der Waals surface area (Å²) in [4.78, 5) is 0. The van der Waals surface area contributed by atoms with Crippen LogP contribution >= 0.6 is 11.8 Å². The lowest BCUT2D eigenvalue weighted by atomic mass is 10.3. The monoisotopic (exact) mass is 191 g/mol. The minimum Gasteiger partial charge on any atom is -0.392 e. The topological polar surface area (TPSA) is 32.3 Å². The lowest BCUT2D eigenvalue weighted by molar-refractivity contribution is 0.196. The van der Waals surface area contributed by atoms with Gasteiger partial charge in [-0.2, -0.15) is 11.8 Å². The van der Waals surface area contributed by atoms with Crippen molar-refractivity contribution >= 4 is 11.8 Å². The second-order valence-electron chi connectivity index (χ2n) is 3.07. The molecule has 0 aromatic carbocycles. The molecule has 2 nitrogen and oxygen atoms in total. The smallest absolute Gasteiger partial charge is 0.0627 e. The second-order valence-corrected chi connectivity index (χ2v) is 4.55. The zero-order valence-electron chi connectivity index (χ0n) is 8.34. The largest absolute Gasteiger partial charge is 0.392 e. The highest BCUT2D eigenvalue weighted by Gasteiger charge is 2.07. The van der Waals surface area contributed by atoms with Crippen LogP contribution in [0.2, 0.25) is 0 Å². The fourth-order valence-electron chi connectivity index (χ4n) is 0.758. The molecule has 3 heteroatoms. The zero-order chi connectivity index (χ0) is 9.40. The molecule has 12 heavy (non-hydrogen) atoms. The van der Waals surface area contributed by atoms with Crippen LogP contribution in [-0.4, -0.2) is 35.3 Å². The van der Waals surface area contributed by atoms with Crippen molar-refractivity contribution in [2.45, 2.75) is 38.5 Å². The van der Waals surface area contributed by atoms with Gasteiger partial charge in [0, 0.05) is 17.5 Å². The lowest BCUT2D eigenvalue weighted by Crippen LogP contribution is -2.21. The van der Waals surface area contributed by atoms with Gasteiger partial charge in [0.15, 0.2) is 0 Å². The average molecular weight is 191 g/mol. The van der Waals surface area contributed by atoms with E-state index >= 15 is 0 Å². The predicted octanol–water partition coefficient (Wildman–Crippen LogP) is 1.49. The van der Waals surface area contributed by atoms with Crippen molar-refractivity contribution in [1.82, 2.24) is 5.32 Å².